The fourth-order valence-electron chi connectivity index (χ4n) is 2.89. The molecule has 0 aromatic heterocycles. The van der Waals surface area contributed by atoms with Gasteiger partial charge in [0.25, 0.3) is 17.5 Å². The molecule has 0 spiro atoms. The van der Waals surface area contributed by atoms with Crippen LogP contribution in [0.4, 0.5) is 17.1 Å². The Balaban J connectivity index is 1.57. The molecule has 11 nitrogen and oxygen atoms in total. The summed E-state index contributed by atoms with van der Waals surface area (Å²) in [5, 5.41) is 15.8. The summed E-state index contributed by atoms with van der Waals surface area (Å²) in [6, 6.07) is 10.6. The van der Waals surface area contributed by atoms with Gasteiger partial charge in [-0.15, -0.1) is 0 Å². The zero-order valence-corrected chi connectivity index (χ0v) is 16.4. The van der Waals surface area contributed by atoms with E-state index in [4.69, 9.17) is 4.74 Å². The van der Waals surface area contributed by atoms with Gasteiger partial charge in [0, 0.05) is 17.7 Å². The van der Waals surface area contributed by atoms with E-state index in [0.717, 1.165) is 6.07 Å². The van der Waals surface area contributed by atoms with Gasteiger partial charge >= 0.3 is 5.97 Å². The molecule has 0 saturated carbocycles. The number of fused-ring (bicyclic) bond motifs is 1. The van der Waals surface area contributed by atoms with E-state index in [9.17, 15) is 29.3 Å². The highest BCUT2D eigenvalue weighted by molar-refractivity contribution is 6.10. The quantitative estimate of drug-likeness (QED) is 0.401. The minimum atomic E-state index is -1.11. The summed E-state index contributed by atoms with van der Waals surface area (Å²) in [6.07, 6.45) is 0. The number of nitro groups is 1. The Morgan fingerprint density at radius 1 is 1.23 bits per heavy atom. The van der Waals surface area contributed by atoms with E-state index in [-0.39, 0.29) is 23.7 Å². The number of amides is 3. The van der Waals surface area contributed by atoms with Crippen molar-refractivity contribution < 1.29 is 28.8 Å². The van der Waals surface area contributed by atoms with Crippen LogP contribution < -0.4 is 15.5 Å². The summed E-state index contributed by atoms with van der Waals surface area (Å²) in [5.74, 6) is -2.56. The highest BCUT2D eigenvalue weighted by atomic mass is 16.6. The number of non-ortho nitro benzene ring substituents is 1. The molecule has 0 bridgehead atoms. The summed E-state index contributed by atoms with van der Waals surface area (Å²) in [4.78, 5) is 60.1. The highest BCUT2D eigenvalue weighted by Gasteiger charge is 2.28. The first-order chi connectivity index (χ1) is 14.8. The molecular weight excluding hydrogens is 408 g/mol. The molecule has 0 radical (unpaired) electrons. The molecule has 1 atom stereocenters. The van der Waals surface area contributed by atoms with Gasteiger partial charge in [-0.3, -0.25) is 29.4 Å². The Labute approximate surface area is 176 Å². The minimum absolute atomic E-state index is 0.000799. The number of hydrogen-bond acceptors (Lipinski definition) is 7. The molecule has 1 aliphatic rings. The third kappa shape index (κ3) is 5.01. The second-order valence-corrected chi connectivity index (χ2v) is 6.66. The normalized spacial score (nSPS) is 13.5. The molecule has 0 unspecified atom stereocenters. The lowest BCUT2D eigenvalue weighted by atomic mass is 10.2. The van der Waals surface area contributed by atoms with Crippen LogP contribution in [0.2, 0.25) is 0 Å². The molecule has 0 fully saturated rings. The second-order valence-electron chi connectivity index (χ2n) is 6.66. The largest absolute Gasteiger partial charge is 0.454 e. The molecule has 2 aromatic rings. The zero-order chi connectivity index (χ0) is 22.5. The molecule has 3 amide bonds. The summed E-state index contributed by atoms with van der Waals surface area (Å²) in [7, 11) is 0. The Kier molecular flexibility index (Phi) is 6.24. The van der Waals surface area contributed by atoms with Gasteiger partial charge in [0.05, 0.1) is 16.3 Å². The van der Waals surface area contributed by atoms with Crippen LogP contribution in [0.15, 0.2) is 48.5 Å². The van der Waals surface area contributed by atoms with Crippen LogP contribution in [0, 0.1) is 10.1 Å². The molecular formula is C20H18N4O7. The van der Waals surface area contributed by atoms with Crippen LogP contribution in [-0.2, 0) is 19.1 Å². The van der Waals surface area contributed by atoms with Crippen molar-refractivity contribution in [1.29, 1.82) is 0 Å². The molecule has 1 heterocycles. The number of anilines is 2. The lowest BCUT2D eigenvalue weighted by molar-refractivity contribution is -0.384. The van der Waals surface area contributed by atoms with Crippen molar-refractivity contribution in [2.45, 2.75) is 13.0 Å². The first kappa shape index (κ1) is 21.4. The fourth-order valence-corrected chi connectivity index (χ4v) is 2.89. The molecule has 0 aliphatic carbocycles. The average molecular weight is 426 g/mol. The van der Waals surface area contributed by atoms with Crippen LogP contribution in [0.5, 0.6) is 0 Å². The van der Waals surface area contributed by atoms with E-state index in [1.807, 2.05) is 0 Å². The van der Waals surface area contributed by atoms with E-state index < -0.39 is 35.4 Å². The zero-order valence-electron chi connectivity index (χ0n) is 16.4. The predicted octanol–water partition coefficient (Wildman–Crippen LogP) is 1.24. The van der Waals surface area contributed by atoms with Crippen LogP contribution in [0.25, 0.3) is 0 Å². The maximum absolute atomic E-state index is 12.5. The van der Waals surface area contributed by atoms with Crippen molar-refractivity contribution in [3.63, 3.8) is 0 Å². The van der Waals surface area contributed by atoms with Gasteiger partial charge in [0.15, 0.2) is 6.61 Å². The lowest BCUT2D eigenvalue weighted by Crippen LogP contribution is -2.45. The van der Waals surface area contributed by atoms with E-state index in [0.29, 0.717) is 11.4 Å². The number of carbonyl (C=O) groups is 4. The van der Waals surface area contributed by atoms with Crippen molar-refractivity contribution in [2.75, 3.05) is 23.4 Å². The monoisotopic (exact) mass is 426 g/mol. The lowest BCUT2D eigenvalue weighted by Gasteiger charge is -2.29. The number of para-hydroxylation sites is 2. The first-order valence-electron chi connectivity index (χ1n) is 9.17. The van der Waals surface area contributed by atoms with Gasteiger partial charge < -0.3 is 15.4 Å². The molecule has 3 rings (SSSR count). The molecule has 11 heteroatoms. The third-order valence-electron chi connectivity index (χ3n) is 4.43. The third-order valence-corrected chi connectivity index (χ3v) is 4.43. The van der Waals surface area contributed by atoms with Gasteiger partial charge in [0.1, 0.15) is 12.6 Å². The number of ether oxygens (including phenoxy) is 1. The maximum atomic E-state index is 12.5. The van der Waals surface area contributed by atoms with Crippen LogP contribution in [-0.4, -0.2) is 47.8 Å². The molecule has 2 N–H and O–H groups in total. The highest BCUT2D eigenvalue weighted by Crippen LogP contribution is 2.28. The Bertz CT molecular complexity index is 1070. The summed E-state index contributed by atoms with van der Waals surface area (Å²) in [5.41, 5.74) is 0.686. The predicted molar refractivity (Wildman–Crippen MR) is 108 cm³/mol. The smallest absolute Gasteiger partial charge is 0.328 e. The number of esters is 1. The van der Waals surface area contributed by atoms with Gasteiger partial charge in [-0.05, 0) is 25.1 Å². The Morgan fingerprint density at radius 3 is 2.71 bits per heavy atom. The minimum Gasteiger partial charge on any atom is -0.454 e. The van der Waals surface area contributed by atoms with Crippen LogP contribution in [0.3, 0.4) is 0 Å². The Morgan fingerprint density at radius 2 is 1.97 bits per heavy atom. The SMILES string of the molecule is C[C@H](NC(=O)c1cccc([N+](=O)[O-])c1)C(=O)OCC(=O)N1CC(=O)Nc2ccccc21. The molecule has 2 aromatic carbocycles. The molecule has 0 saturated heterocycles. The molecule has 1 aliphatic heterocycles. The van der Waals surface area contributed by atoms with Crippen molar-refractivity contribution in [3.8, 4) is 0 Å². The number of nitrogens with one attached hydrogen (secondary N) is 2. The van der Waals surface area contributed by atoms with Crippen LogP contribution >= 0.6 is 0 Å². The van der Waals surface area contributed by atoms with Crippen molar-refractivity contribution in [1.82, 2.24) is 5.32 Å². The van der Waals surface area contributed by atoms with Crippen LogP contribution in [0.1, 0.15) is 17.3 Å². The van der Waals surface area contributed by atoms with E-state index in [1.165, 1.54) is 30.0 Å². The summed E-state index contributed by atoms with van der Waals surface area (Å²) < 4.78 is 4.98. The number of benzene rings is 2. The fraction of sp³-hybridized carbons (Fsp3) is 0.200. The van der Waals surface area contributed by atoms with Gasteiger partial charge in [-0.1, -0.05) is 18.2 Å². The Hall–Kier alpha value is -4.28. The van der Waals surface area contributed by atoms with E-state index >= 15 is 0 Å². The topological polar surface area (TPSA) is 148 Å². The maximum Gasteiger partial charge on any atom is 0.328 e. The van der Waals surface area contributed by atoms with Crippen molar-refractivity contribution in [2.24, 2.45) is 0 Å². The van der Waals surface area contributed by atoms with E-state index in [1.54, 1.807) is 24.3 Å². The molecule has 31 heavy (non-hydrogen) atoms. The van der Waals surface area contributed by atoms with Crippen molar-refractivity contribution in [3.05, 3.63) is 64.2 Å². The average Bonchev–Trinajstić information content (AvgIpc) is 2.76. The van der Waals surface area contributed by atoms with Crippen molar-refractivity contribution >= 4 is 40.8 Å². The van der Waals surface area contributed by atoms with E-state index in [2.05, 4.69) is 10.6 Å². The molecule has 160 valence electrons. The summed E-state index contributed by atoms with van der Waals surface area (Å²) >= 11 is 0. The number of carbonyl (C=O) groups excluding carboxylic acids is 4. The number of nitrogens with zero attached hydrogens (tertiary/aromatic N) is 2. The second kappa shape index (κ2) is 9.03. The summed E-state index contributed by atoms with van der Waals surface area (Å²) in [6.45, 7) is 0.510. The number of nitro benzene ring substituents is 1. The number of rotatable bonds is 6. The standard InChI is InChI=1S/C20H18N4O7/c1-12(21-19(27)13-5-4-6-14(9-13)24(29)30)20(28)31-11-18(26)23-10-17(25)22-15-7-2-3-8-16(15)23/h2-9,12H,10-11H2,1H3,(H,21,27)(H,22,25)/t12-/m0/s1. The van der Waals surface area contributed by atoms with Gasteiger partial charge in [-0.25, -0.2) is 4.79 Å². The van der Waals surface area contributed by atoms with Gasteiger partial charge in [-0.2, -0.15) is 0 Å². The first-order valence-corrected chi connectivity index (χ1v) is 9.17. The number of hydrogen-bond donors (Lipinski definition) is 2. The van der Waals surface area contributed by atoms with Gasteiger partial charge in [0.2, 0.25) is 5.91 Å².